The van der Waals surface area contributed by atoms with Gasteiger partial charge in [0.2, 0.25) is 0 Å². The number of halogens is 2. The minimum atomic E-state index is -0.352. The van der Waals surface area contributed by atoms with E-state index in [0.717, 1.165) is 9.86 Å². The minimum Gasteiger partial charge on any atom is -0.422 e. The maximum absolute atomic E-state index is 11.1. The van der Waals surface area contributed by atoms with Crippen molar-refractivity contribution in [2.45, 2.75) is 0 Å². The number of hydrogen-bond acceptors (Lipinski definition) is 2. The Hall–Kier alpha value is -0.610. The van der Waals surface area contributed by atoms with Crippen LogP contribution in [-0.2, 0) is 0 Å². The first-order chi connectivity index (χ1) is 6.16. The first kappa shape index (κ1) is 8.97. The normalized spacial score (nSPS) is 10.6. The van der Waals surface area contributed by atoms with Gasteiger partial charge in [-0.1, -0.05) is 15.9 Å². The Kier molecular flexibility index (Phi) is 2.26. The van der Waals surface area contributed by atoms with Crippen LogP contribution in [0.1, 0.15) is 0 Å². The smallest absolute Gasteiger partial charge is 0.350 e. The van der Waals surface area contributed by atoms with E-state index in [4.69, 9.17) is 4.42 Å². The van der Waals surface area contributed by atoms with Gasteiger partial charge in [-0.3, -0.25) is 0 Å². The fourth-order valence-electron chi connectivity index (χ4n) is 1.07. The van der Waals surface area contributed by atoms with E-state index in [1.807, 2.05) is 12.1 Å². The summed E-state index contributed by atoms with van der Waals surface area (Å²) in [5.41, 5.74) is 0.242. The van der Waals surface area contributed by atoms with Gasteiger partial charge in [-0.25, -0.2) is 4.79 Å². The molecule has 0 aliphatic heterocycles. The molecule has 0 aliphatic rings. The standard InChI is InChI=1S/C9H4Br2O2/c10-6-1-2-8-5(3-6)4-7(11)9(12)13-8/h1-4H. The molecule has 0 saturated carbocycles. The van der Waals surface area contributed by atoms with Gasteiger partial charge < -0.3 is 4.42 Å². The Bertz CT molecular complexity index is 516. The van der Waals surface area contributed by atoms with Crippen molar-refractivity contribution in [1.82, 2.24) is 0 Å². The highest BCUT2D eigenvalue weighted by Crippen LogP contribution is 2.20. The summed E-state index contributed by atoms with van der Waals surface area (Å²) in [5.74, 6) is 0. The van der Waals surface area contributed by atoms with Crippen LogP contribution in [-0.4, -0.2) is 0 Å². The molecule has 1 aromatic heterocycles. The molecule has 66 valence electrons. The highest BCUT2D eigenvalue weighted by atomic mass is 79.9. The third kappa shape index (κ3) is 1.69. The van der Waals surface area contributed by atoms with Crippen LogP contribution in [0.25, 0.3) is 11.0 Å². The second-order valence-corrected chi connectivity index (χ2v) is 4.33. The molecule has 0 N–H and O–H groups in total. The van der Waals surface area contributed by atoms with Crippen molar-refractivity contribution < 1.29 is 4.42 Å². The number of hydrogen-bond donors (Lipinski definition) is 0. The molecule has 0 atom stereocenters. The molecule has 0 amide bonds. The van der Waals surface area contributed by atoms with Gasteiger partial charge in [0, 0.05) is 9.86 Å². The first-order valence-corrected chi connectivity index (χ1v) is 5.14. The van der Waals surface area contributed by atoms with E-state index in [0.29, 0.717) is 10.1 Å². The average Bonchev–Trinajstić information content (AvgIpc) is 2.08. The molecule has 2 aromatic rings. The second kappa shape index (κ2) is 3.27. The molecule has 0 bridgehead atoms. The van der Waals surface area contributed by atoms with Gasteiger partial charge in [0.15, 0.2) is 0 Å². The van der Waals surface area contributed by atoms with E-state index in [-0.39, 0.29) is 5.63 Å². The Morgan fingerprint density at radius 2 is 1.92 bits per heavy atom. The summed E-state index contributed by atoms with van der Waals surface area (Å²) >= 11 is 6.46. The van der Waals surface area contributed by atoms with E-state index in [1.165, 1.54) is 0 Å². The molecule has 2 nitrogen and oxygen atoms in total. The summed E-state index contributed by atoms with van der Waals surface area (Å²) in [6, 6.07) is 7.22. The van der Waals surface area contributed by atoms with Gasteiger partial charge in [-0.15, -0.1) is 0 Å². The molecule has 4 heteroatoms. The Morgan fingerprint density at radius 3 is 2.69 bits per heavy atom. The molecule has 0 aliphatic carbocycles. The predicted molar refractivity (Wildman–Crippen MR) is 57.9 cm³/mol. The summed E-state index contributed by atoms with van der Waals surface area (Å²) in [7, 11) is 0. The van der Waals surface area contributed by atoms with Crippen LogP contribution in [0.15, 0.2) is 42.4 Å². The van der Waals surface area contributed by atoms with Crippen molar-refractivity contribution in [1.29, 1.82) is 0 Å². The third-order valence-electron chi connectivity index (χ3n) is 1.65. The molecule has 0 saturated heterocycles. The van der Waals surface area contributed by atoms with E-state index in [1.54, 1.807) is 12.1 Å². The molecular weight excluding hydrogens is 300 g/mol. The van der Waals surface area contributed by atoms with Crippen molar-refractivity contribution in [3.63, 3.8) is 0 Å². The number of rotatable bonds is 0. The van der Waals surface area contributed by atoms with Gasteiger partial charge in [-0.2, -0.15) is 0 Å². The lowest BCUT2D eigenvalue weighted by molar-refractivity contribution is 0.556. The van der Waals surface area contributed by atoms with E-state index >= 15 is 0 Å². The lowest BCUT2D eigenvalue weighted by Crippen LogP contribution is -1.98. The first-order valence-electron chi connectivity index (χ1n) is 3.56. The van der Waals surface area contributed by atoms with Gasteiger partial charge in [0.1, 0.15) is 10.1 Å². The van der Waals surface area contributed by atoms with Gasteiger partial charge in [0.05, 0.1) is 0 Å². The maximum atomic E-state index is 11.1. The molecule has 0 unspecified atom stereocenters. The molecule has 13 heavy (non-hydrogen) atoms. The zero-order valence-electron chi connectivity index (χ0n) is 6.38. The van der Waals surface area contributed by atoms with Gasteiger partial charge >= 0.3 is 5.63 Å². The van der Waals surface area contributed by atoms with Crippen LogP contribution in [0.2, 0.25) is 0 Å². The second-order valence-electron chi connectivity index (χ2n) is 2.56. The topological polar surface area (TPSA) is 30.2 Å². The number of fused-ring (bicyclic) bond motifs is 1. The molecule has 1 heterocycles. The fraction of sp³-hybridized carbons (Fsp3) is 0. The third-order valence-corrected chi connectivity index (χ3v) is 2.70. The maximum Gasteiger partial charge on any atom is 0.350 e. The average molecular weight is 304 g/mol. The Morgan fingerprint density at radius 1 is 1.15 bits per heavy atom. The lowest BCUT2D eigenvalue weighted by Gasteiger charge is -1.96. The molecule has 0 radical (unpaired) electrons. The minimum absolute atomic E-state index is 0.352. The summed E-state index contributed by atoms with van der Waals surface area (Å²) in [6.07, 6.45) is 0. The molecule has 1 aromatic carbocycles. The highest BCUT2D eigenvalue weighted by molar-refractivity contribution is 9.10. The molecular formula is C9H4Br2O2. The summed E-state index contributed by atoms with van der Waals surface area (Å²) in [5, 5.41) is 0.890. The van der Waals surface area contributed by atoms with Crippen molar-refractivity contribution in [2.24, 2.45) is 0 Å². The van der Waals surface area contributed by atoms with Crippen LogP contribution >= 0.6 is 31.9 Å². The van der Waals surface area contributed by atoms with Crippen molar-refractivity contribution in [3.8, 4) is 0 Å². The predicted octanol–water partition coefficient (Wildman–Crippen LogP) is 3.32. The van der Waals surface area contributed by atoms with Crippen LogP contribution in [0.4, 0.5) is 0 Å². The Labute approximate surface area is 90.8 Å². The van der Waals surface area contributed by atoms with Crippen molar-refractivity contribution >= 4 is 42.8 Å². The lowest BCUT2D eigenvalue weighted by atomic mass is 10.2. The summed E-state index contributed by atoms with van der Waals surface area (Å²) < 4.78 is 6.43. The zero-order chi connectivity index (χ0) is 9.42. The van der Waals surface area contributed by atoms with E-state index < -0.39 is 0 Å². The van der Waals surface area contributed by atoms with Crippen molar-refractivity contribution in [3.05, 3.63) is 43.6 Å². The largest absolute Gasteiger partial charge is 0.422 e. The van der Waals surface area contributed by atoms with Gasteiger partial charge in [0.25, 0.3) is 0 Å². The quantitative estimate of drug-likeness (QED) is 0.699. The van der Waals surface area contributed by atoms with Gasteiger partial charge in [-0.05, 0) is 40.2 Å². The van der Waals surface area contributed by atoms with E-state index in [2.05, 4.69) is 31.9 Å². The number of benzene rings is 1. The molecule has 2 rings (SSSR count). The van der Waals surface area contributed by atoms with E-state index in [9.17, 15) is 4.79 Å². The highest BCUT2D eigenvalue weighted by Gasteiger charge is 2.01. The fourth-order valence-corrected chi connectivity index (χ4v) is 1.78. The molecule has 0 fully saturated rings. The monoisotopic (exact) mass is 302 g/mol. The Balaban J connectivity index is 2.89. The van der Waals surface area contributed by atoms with Crippen LogP contribution in [0.5, 0.6) is 0 Å². The molecule has 0 spiro atoms. The van der Waals surface area contributed by atoms with Crippen LogP contribution in [0, 0.1) is 0 Å². The summed E-state index contributed by atoms with van der Waals surface area (Å²) in [4.78, 5) is 11.1. The SMILES string of the molecule is O=c1oc2ccc(Br)cc2cc1Br. The zero-order valence-corrected chi connectivity index (χ0v) is 9.55. The van der Waals surface area contributed by atoms with Crippen LogP contribution in [0.3, 0.4) is 0 Å². The van der Waals surface area contributed by atoms with Crippen LogP contribution < -0.4 is 5.63 Å². The van der Waals surface area contributed by atoms with Crippen molar-refractivity contribution in [2.75, 3.05) is 0 Å². The summed E-state index contributed by atoms with van der Waals surface area (Å²) in [6.45, 7) is 0.